The number of rotatable bonds is 9. The lowest BCUT2D eigenvalue weighted by molar-refractivity contribution is -0.111. The summed E-state index contributed by atoms with van der Waals surface area (Å²) in [5.74, 6) is -3.27. The Morgan fingerprint density at radius 2 is 1.86 bits per heavy atom. The molecule has 13 heteroatoms. The predicted octanol–water partition coefficient (Wildman–Crippen LogP) is 5.18. The fourth-order valence-corrected chi connectivity index (χ4v) is 5.45. The molecule has 0 saturated carbocycles. The molecule has 2 N–H and O–H groups in total. The van der Waals surface area contributed by atoms with Gasteiger partial charge in [0.05, 0.1) is 36.8 Å². The Morgan fingerprint density at radius 3 is 2.56 bits per heavy atom. The first-order valence-corrected chi connectivity index (χ1v) is 13.9. The van der Waals surface area contributed by atoms with E-state index < -0.39 is 23.5 Å². The monoisotopic (exact) mass is 597 g/mol. The van der Waals surface area contributed by atoms with E-state index in [1.807, 2.05) is 6.07 Å². The number of hydroxylamine groups is 1. The number of halogens is 3. The van der Waals surface area contributed by atoms with Crippen molar-refractivity contribution in [1.82, 2.24) is 14.9 Å². The van der Waals surface area contributed by atoms with Gasteiger partial charge in [-0.3, -0.25) is 9.63 Å². The number of benzene rings is 2. The number of hydrogen-bond acceptors (Lipinski definition) is 9. The van der Waals surface area contributed by atoms with Crippen molar-refractivity contribution in [2.24, 2.45) is 0 Å². The van der Waals surface area contributed by atoms with Gasteiger partial charge in [-0.05, 0) is 45.1 Å². The summed E-state index contributed by atoms with van der Waals surface area (Å²) in [6.45, 7) is 5.41. The first-order chi connectivity index (χ1) is 20.7. The van der Waals surface area contributed by atoms with Gasteiger partial charge in [0.25, 0.3) is 0 Å². The number of nitrogens with one attached hydrogen (secondary N) is 2. The minimum atomic E-state index is -1.54. The van der Waals surface area contributed by atoms with Crippen LogP contribution in [0.4, 0.5) is 41.9 Å². The molecule has 1 aromatic heterocycles. The van der Waals surface area contributed by atoms with E-state index in [2.05, 4.69) is 51.1 Å². The second kappa shape index (κ2) is 12.9. The van der Waals surface area contributed by atoms with Crippen LogP contribution >= 0.6 is 0 Å². The van der Waals surface area contributed by atoms with E-state index in [1.54, 1.807) is 19.2 Å². The summed E-state index contributed by atoms with van der Waals surface area (Å²) in [7, 11) is 5.71. The number of carbonyl (C=O) groups excluding carboxylic acids is 1. The van der Waals surface area contributed by atoms with Crippen LogP contribution in [0.2, 0.25) is 0 Å². The van der Waals surface area contributed by atoms with Gasteiger partial charge in [0.2, 0.25) is 5.91 Å². The van der Waals surface area contributed by atoms with Crippen molar-refractivity contribution in [1.29, 1.82) is 0 Å². The van der Waals surface area contributed by atoms with E-state index >= 15 is 0 Å². The highest BCUT2D eigenvalue weighted by molar-refractivity contribution is 6.02. The normalized spacial score (nSPS) is 17.3. The van der Waals surface area contributed by atoms with E-state index in [0.29, 0.717) is 35.4 Å². The molecular weight excluding hydrogens is 563 g/mol. The van der Waals surface area contributed by atoms with Gasteiger partial charge < -0.3 is 25.2 Å². The maximum absolute atomic E-state index is 14.6. The molecule has 2 aliphatic heterocycles. The van der Waals surface area contributed by atoms with Crippen LogP contribution in [0.3, 0.4) is 0 Å². The molecule has 43 heavy (non-hydrogen) atoms. The second-order valence-corrected chi connectivity index (χ2v) is 10.6. The molecule has 0 radical (unpaired) electrons. The summed E-state index contributed by atoms with van der Waals surface area (Å²) in [5, 5.41) is 7.47. The van der Waals surface area contributed by atoms with Crippen LogP contribution < -0.4 is 25.3 Å². The zero-order valence-electron chi connectivity index (χ0n) is 24.2. The van der Waals surface area contributed by atoms with Crippen LogP contribution in [0, 0.1) is 17.5 Å². The van der Waals surface area contributed by atoms with Gasteiger partial charge in [-0.25, -0.2) is 28.2 Å². The van der Waals surface area contributed by atoms with Crippen molar-refractivity contribution >= 4 is 34.6 Å². The van der Waals surface area contributed by atoms with Crippen LogP contribution in [-0.2, 0) is 9.63 Å². The van der Waals surface area contributed by atoms with Gasteiger partial charge in [0.1, 0.15) is 17.9 Å². The summed E-state index contributed by atoms with van der Waals surface area (Å²) in [4.78, 5) is 31.1. The van der Waals surface area contributed by atoms with E-state index in [0.717, 1.165) is 37.7 Å². The Labute approximate surface area is 248 Å². The minimum Gasteiger partial charge on any atom is -0.494 e. The summed E-state index contributed by atoms with van der Waals surface area (Å²) in [6.07, 6.45) is 4.79. The Balaban J connectivity index is 1.43. The molecule has 3 heterocycles. The Hall–Kier alpha value is -4.36. The lowest BCUT2D eigenvalue weighted by atomic mass is 10.0. The lowest BCUT2D eigenvalue weighted by Gasteiger charge is -2.37. The molecule has 0 bridgehead atoms. The van der Waals surface area contributed by atoms with Crippen molar-refractivity contribution in [2.75, 3.05) is 61.5 Å². The Bertz CT molecular complexity index is 1500. The smallest absolute Gasteiger partial charge is 0.247 e. The molecular formula is C30H34F3N7O3. The fourth-order valence-electron chi connectivity index (χ4n) is 5.45. The summed E-state index contributed by atoms with van der Waals surface area (Å²) < 4.78 is 47.9. The third kappa shape index (κ3) is 6.37. The maximum atomic E-state index is 14.6. The number of nitrogens with zero attached hydrogens (tertiary/aromatic N) is 5. The van der Waals surface area contributed by atoms with Crippen molar-refractivity contribution in [3.8, 4) is 5.75 Å². The number of piperidine rings is 1. The van der Waals surface area contributed by atoms with Crippen molar-refractivity contribution < 1.29 is 27.5 Å². The number of anilines is 5. The highest BCUT2D eigenvalue weighted by Gasteiger charge is 2.33. The van der Waals surface area contributed by atoms with Gasteiger partial charge in [-0.15, -0.1) is 0 Å². The van der Waals surface area contributed by atoms with Crippen LogP contribution in [-0.4, -0.2) is 67.7 Å². The zero-order valence-corrected chi connectivity index (χ0v) is 24.2. The van der Waals surface area contributed by atoms with E-state index in [4.69, 9.17) is 9.57 Å². The molecule has 0 spiro atoms. The predicted molar refractivity (Wildman–Crippen MR) is 158 cm³/mol. The number of amides is 1. The molecule has 2 fully saturated rings. The molecule has 0 unspecified atom stereocenters. The first kappa shape index (κ1) is 30.1. The highest BCUT2D eigenvalue weighted by Crippen LogP contribution is 2.41. The topological polar surface area (TPSA) is 95.1 Å². The van der Waals surface area contributed by atoms with E-state index in [-0.39, 0.29) is 23.9 Å². The van der Waals surface area contributed by atoms with Crippen molar-refractivity contribution in [3.05, 3.63) is 72.3 Å². The summed E-state index contributed by atoms with van der Waals surface area (Å²) in [5.41, 5.74) is 1.87. The third-order valence-corrected chi connectivity index (χ3v) is 7.77. The van der Waals surface area contributed by atoms with Gasteiger partial charge in [0.15, 0.2) is 23.3 Å². The lowest BCUT2D eigenvalue weighted by Crippen LogP contribution is -2.42. The quantitative estimate of drug-likeness (QED) is 0.256. The average Bonchev–Trinajstić information content (AvgIpc) is 3.50. The van der Waals surface area contributed by atoms with Crippen LogP contribution in [0.1, 0.15) is 30.9 Å². The average molecular weight is 598 g/mol. The Morgan fingerprint density at radius 1 is 1.09 bits per heavy atom. The first-order valence-electron chi connectivity index (χ1n) is 13.9. The SMILES string of the molecule is C=CC(=O)Nc1cc(Nc2cc(N3OCC[C@@H]3c3ccc(F)c(F)c3F)ncn2)c(OC)cc1N1CCC(N(C)C)CC1. The van der Waals surface area contributed by atoms with E-state index in [1.165, 1.54) is 23.5 Å². The van der Waals surface area contributed by atoms with Gasteiger partial charge in [0, 0.05) is 43.2 Å². The van der Waals surface area contributed by atoms with Crippen molar-refractivity contribution in [3.63, 3.8) is 0 Å². The number of methoxy groups -OCH3 is 1. The number of hydrogen-bond donors (Lipinski definition) is 2. The third-order valence-electron chi connectivity index (χ3n) is 7.77. The van der Waals surface area contributed by atoms with Crippen LogP contribution in [0.5, 0.6) is 5.75 Å². The maximum Gasteiger partial charge on any atom is 0.247 e. The molecule has 5 rings (SSSR count). The summed E-state index contributed by atoms with van der Waals surface area (Å²) in [6, 6.07) is 7.05. The minimum absolute atomic E-state index is 0.0426. The molecule has 3 aromatic rings. The molecule has 1 amide bonds. The molecule has 1 atom stereocenters. The van der Waals surface area contributed by atoms with Crippen LogP contribution in [0.15, 0.2) is 49.3 Å². The van der Waals surface area contributed by atoms with Crippen molar-refractivity contribution in [2.45, 2.75) is 31.3 Å². The highest BCUT2D eigenvalue weighted by atomic mass is 19.2. The molecule has 0 aliphatic carbocycles. The van der Waals surface area contributed by atoms with Gasteiger partial charge in [-0.2, -0.15) is 0 Å². The molecule has 2 aromatic carbocycles. The fraction of sp³-hybridized carbons (Fsp3) is 0.367. The van der Waals surface area contributed by atoms with Crippen LogP contribution in [0.25, 0.3) is 0 Å². The standard InChI is InChI=1S/C30H34F3N7O3/c1-5-28(41)37-21-14-22(25(42-4)15-24(21)39-11-8-18(9-12-39)38(2)3)36-26-16-27(35-17-34-26)40-23(10-13-43-40)19-6-7-20(31)30(33)29(19)32/h5-7,14-18,23H,1,8-13H2,2-4H3,(H,37,41)(H,34,35,36)/t23-/m1/s1. The molecule has 2 saturated heterocycles. The largest absolute Gasteiger partial charge is 0.494 e. The molecule has 2 aliphatic rings. The Kier molecular flexibility index (Phi) is 9.02. The van der Waals surface area contributed by atoms with Gasteiger partial charge >= 0.3 is 0 Å². The number of ether oxygens (including phenoxy) is 1. The molecule has 10 nitrogen and oxygen atoms in total. The van der Waals surface area contributed by atoms with Gasteiger partial charge in [-0.1, -0.05) is 12.6 Å². The zero-order chi connectivity index (χ0) is 30.7. The van der Waals surface area contributed by atoms with E-state index in [9.17, 15) is 18.0 Å². The summed E-state index contributed by atoms with van der Waals surface area (Å²) >= 11 is 0. The molecule has 228 valence electrons. The second-order valence-electron chi connectivity index (χ2n) is 10.6. The number of aromatic nitrogens is 2. The number of carbonyl (C=O) groups is 1.